The number of benzene rings is 2. The second-order valence-corrected chi connectivity index (χ2v) is 20.7. The highest BCUT2D eigenvalue weighted by Gasteiger charge is 2.68. The van der Waals surface area contributed by atoms with Crippen molar-refractivity contribution in [1.29, 1.82) is 0 Å². The van der Waals surface area contributed by atoms with Gasteiger partial charge in [0.05, 0.1) is 42.5 Å². The molecule has 0 atom stereocenters. The Morgan fingerprint density at radius 1 is 0.553 bits per heavy atom. The van der Waals surface area contributed by atoms with E-state index in [1.54, 1.807) is 0 Å². The van der Waals surface area contributed by atoms with Crippen LogP contribution in [0.3, 0.4) is 0 Å². The lowest BCUT2D eigenvalue weighted by molar-refractivity contribution is 0.406. The van der Waals surface area contributed by atoms with Gasteiger partial charge < -0.3 is 9.47 Å². The van der Waals surface area contributed by atoms with Crippen LogP contribution >= 0.6 is 7.26 Å². The van der Waals surface area contributed by atoms with E-state index >= 15 is 0 Å². The van der Waals surface area contributed by atoms with E-state index in [2.05, 4.69) is 128 Å². The Morgan fingerprint density at radius 2 is 0.921 bits per heavy atom. The Balaban J connectivity index is 3.48. The molecule has 2 rings (SSSR count). The highest BCUT2D eigenvalue weighted by Crippen LogP contribution is 2.84. The van der Waals surface area contributed by atoms with Crippen molar-refractivity contribution in [3.05, 3.63) is 41.0 Å². The summed E-state index contributed by atoms with van der Waals surface area (Å²) in [6, 6.07) is 9.21. The molecule has 0 amide bonds. The zero-order valence-electron chi connectivity index (χ0n) is 27.8. The van der Waals surface area contributed by atoms with Gasteiger partial charge in [0.15, 0.2) is 5.75 Å². The molecule has 0 bridgehead atoms. The number of methoxy groups -OCH3 is 2. The largest absolute Gasteiger partial charge is 0.496 e. The molecular formula is C35H58O2P+. The lowest BCUT2D eigenvalue weighted by Crippen LogP contribution is -2.50. The van der Waals surface area contributed by atoms with Crippen molar-refractivity contribution < 1.29 is 9.47 Å². The van der Waals surface area contributed by atoms with E-state index in [1.165, 1.54) is 33.1 Å². The van der Waals surface area contributed by atoms with Crippen molar-refractivity contribution in [2.45, 2.75) is 137 Å². The van der Waals surface area contributed by atoms with Crippen LogP contribution in [-0.4, -0.2) is 29.7 Å². The normalized spacial score (nSPS) is 13.6. The summed E-state index contributed by atoms with van der Waals surface area (Å²) in [6.07, 6.45) is 0. The zero-order valence-corrected chi connectivity index (χ0v) is 28.7. The fraction of sp³-hybridized carbons (Fsp3) is 0.657. The highest BCUT2D eigenvalue weighted by atomic mass is 31.2. The summed E-state index contributed by atoms with van der Waals surface area (Å²) in [5, 5.41) is 1.44. The third-order valence-corrected chi connectivity index (χ3v) is 15.4. The fourth-order valence-electron chi connectivity index (χ4n) is 7.73. The van der Waals surface area contributed by atoms with Crippen LogP contribution in [0.2, 0.25) is 0 Å². The van der Waals surface area contributed by atoms with Gasteiger partial charge in [0.25, 0.3) is 0 Å². The van der Waals surface area contributed by atoms with Crippen molar-refractivity contribution in [1.82, 2.24) is 0 Å². The summed E-state index contributed by atoms with van der Waals surface area (Å²) < 4.78 is 12.6. The van der Waals surface area contributed by atoms with Gasteiger partial charge in [-0.25, -0.2) is 0 Å². The molecule has 0 unspecified atom stereocenters. The quantitative estimate of drug-likeness (QED) is 0.325. The Morgan fingerprint density at radius 3 is 1.21 bits per heavy atom. The molecule has 0 aliphatic carbocycles. The average Bonchev–Trinajstić information content (AvgIpc) is 2.74. The second kappa shape index (κ2) is 11.2. The fourth-order valence-corrected chi connectivity index (χ4v) is 16.8. The monoisotopic (exact) mass is 541 g/mol. The molecular weight excluding hydrogens is 483 g/mol. The molecule has 0 aliphatic heterocycles. The average molecular weight is 542 g/mol. The molecule has 214 valence electrons. The number of hydrogen-bond donors (Lipinski definition) is 0. The van der Waals surface area contributed by atoms with Crippen molar-refractivity contribution in [2.24, 2.45) is 0 Å². The number of ether oxygens (including phenoxy) is 2. The lowest BCUT2D eigenvalue weighted by atomic mass is 9.81. The maximum absolute atomic E-state index is 6.33. The van der Waals surface area contributed by atoms with Crippen LogP contribution in [0, 0.1) is 0 Å². The first-order chi connectivity index (χ1) is 17.2. The van der Waals surface area contributed by atoms with Crippen LogP contribution in [0.25, 0.3) is 11.1 Å². The van der Waals surface area contributed by atoms with Gasteiger partial charge in [0.1, 0.15) is 11.1 Å². The van der Waals surface area contributed by atoms with Gasteiger partial charge in [-0.2, -0.15) is 0 Å². The van der Waals surface area contributed by atoms with E-state index in [-0.39, 0.29) is 15.5 Å². The lowest BCUT2D eigenvalue weighted by Gasteiger charge is -2.55. The third-order valence-electron chi connectivity index (χ3n) is 8.28. The van der Waals surface area contributed by atoms with Crippen molar-refractivity contribution >= 4 is 12.6 Å². The highest BCUT2D eigenvalue weighted by molar-refractivity contribution is 7.87. The van der Waals surface area contributed by atoms with Gasteiger partial charge >= 0.3 is 0 Å². The van der Waals surface area contributed by atoms with Gasteiger partial charge in [-0.3, -0.25) is 0 Å². The summed E-state index contributed by atoms with van der Waals surface area (Å²) in [5.74, 6) is 3.15. The van der Waals surface area contributed by atoms with Crippen LogP contribution in [0.5, 0.6) is 11.5 Å². The minimum Gasteiger partial charge on any atom is -0.496 e. The maximum atomic E-state index is 6.33. The van der Waals surface area contributed by atoms with E-state index < -0.39 is 7.26 Å². The predicted octanol–water partition coefficient (Wildman–Crippen LogP) is 10.8. The van der Waals surface area contributed by atoms with E-state index in [0.717, 1.165) is 11.5 Å². The summed E-state index contributed by atoms with van der Waals surface area (Å²) in [7, 11) is 1.63. The molecule has 2 aromatic rings. The van der Waals surface area contributed by atoms with Crippen molar-refractivity contribution in [3.8, 4) is 22.6 Å². The predicted molar refractivity (Wildman–Crippen MR) is 173 cm³/mol. The molecule has 0 fully saturated rings. The zero-order chi connectivity index (χ0) is 29.6. The molecule has 38 heavy (non-hydrogen) atoms. The summed E-state index contributed by atoms with van der Waals surface area (Å²) in [6.45, 7) is 36.0. The topological polar surface area (TPSA) is 18.5 Å². The molecule has 0 saturated heterocycles. The SMILES string of the molecule is COc1ccc(OC)c([P+](C(C)(C)C)(C(C)(C)C)C(C)(C)C)c1-c1c(C(C)C)cc(C(C)C)cc1C(C)C. The van der Waals surface area contributed by atoms with Gasteiger partial charge in [0.2, 0.25) is 0 Å². The maximum Gasteiger partial charge on any atom is 0.161 e. The minimum absolute atomic E-state index is 0.0196. The summed E-state index contributed by atoms with van der Waals surface area (Å²) >= 11 is 0. The first kappa shape index (κ1) is 32.7. The van der Waals surface area contributed by atoms with E-state index in [1.807, 2.05) is 14.2 Å². The van der Waals surface area contributed by atoms with E-state index in [9.17, 15) is 0 Å². The molecule has 0 radical (unpaired) electrons. The smallest absolute Gasteiger partial charge is 0.161 e. The second-order valence-electron chi connectivity index (χ2n) is 14.9. The molecule has 0 N–H and O–H groups in total. The van der Waals surface area contributed by atoms with E-state index in [4.69, 9.17) is 9.47 Å². The molecule has 3 heteroatoms. The van der Waals surface area contributed by atoms with Gasteiger partial charge in [0, 0.05) is 0 Å². The van der Waals surface area contributed by atoms with Crippen LogP contribution in [0.1, 0.15) is 138 Å². The Kier molecular flexibility index (Phi) is 9.59. The number of rotatable bonds is 7. The Bertz CT molecular complexity index is 1050. The minimum atomic E-state index is -2.03. The van der Waals surface area contributed by atoms with Crippen LogP contribution < -0.4 is 14.8 Å². The molecule has 0 heterocycles. The third kappa shape index (κ3) is 5.41. The Labute approximate surface area is 236 Å². The summed E-state index contributed by atoms with van der Waals surface area (Å²) in [4.78, 5) is 0. The standard InChI is InChI=1S/C35H58O2P/c1-22(2)25-20-26(23(3)4)30(27(21-25)24(5)6)31-28(36-16)18-19-29(37-17)32(31)38(33(7,8)9,34(10,11)12)35(13,14)15/h18-24H,1-17H3/q+1. The van der Waals surface area contributed by atoms with Crippen LogP contribution in [0.15, 0.2) is 24.3 Å². The number of hydrogen-bond acceptors (Lipinski definition) is 2. The van der Waals surface area contributed by atoms with Crippen LogP contribution in [0.4, 0.5) is 0 Å². The molecule has 0 aliphatic rings. The van der Waals surface area contributed by atoms with Crippen molar-refractivity contribution in [3.63, 3.8) is 0 Å². The first-order valence-corrected chi connectivity index (χ1v) is 16.3. The molecule has 2 aromatic carbocycles. The molecule has 0 spiro atoms. The van der Waals surface area contributed by atoms with Gasteiger partial charge in [-0.1, -0.05) is 53.7 Å². The van der Waals surface area contributed by atoms with Gasteiger partial charge in [-0.05, 0) is 114 Å². The molecule has 0 saturated carbocycles. The molecule has 0 aromatic heterocycles. The van der Waals surface area contributed by atoms with Gasteiger partial charge in [-0.15, -0.1) is 0 Å². The van der Waals surface area contributed by atoms with Crippen LogP contribution in [-0.2, 0) is 0 Å². The Hall–Kier alpha value is -1.53. The van der Waals surface area contributed by atoms with Crippen molar-refractivity contribution in [2.75, 3.05) is 14.2 Å². The molecule has 2 nitrogen and oxygen atoms in total. The first-order valence-electron chi connectivity index (χ1n) is 14.5. The van der Waals surface area contributed by atoms with E-state index in [0.29, 0.717) is 17.8 Å². The summed E-state index contributed by atoms with van der Waals surface area (Å²) in [5.41, 5.74) is 6.83.